The summed E-state index contributed by atoms with van der Waals surface area (Å²) < 4.78 is 1.94. The molecule has 1 aromatic heterocycles. The van der Waals surface area contributed by atoms with Crippen LogP contribution in [0.25, 0.3) is 0 Å². The zero-order chi connectivity index (χ0) is 14.3. The van der Waals surface area contributed by atoms with E-state index in [0.717, 1.165) is 25.3 Å². The van der Waals surface area contributed by atoms with Crippen LogP contribution in [0.5, 0.6) is 0 Å². The molecule has 0 radical (unpaired) electrons. The summed E-state index contributed by atoms with van der Waals surface area (Å²) in [4.78, 5) is 2.41. The van der Waals surface area contributed by atoms with Gasteiger partial charge in [-0.15, -0.1) is 5.10 Å². The predicted molar refractivity (Wildman–Crippen MR) is 79.0 cm³/mol. The molecule has 0 aliphatic carbocycles. The van der Waals surface area contributed by atoms with E-state index in [9.17, 15) is 0 Å². The summed E-state index contributed by atoms with van der Waals surface area (Å²) in [6.07, 6.45) is 4.44. The third-order valence-electron chi connectivity index (χ3n) is 3.53. The summed E-state index contributed by atoms with van der Waals surface area (Å²) >= 11 is 0. The highest BCUT2D eigenvalue weighted by molar-refractivity contribution is 4.91. The van der Waals surface area contributed by atoms with Crippen molar-refractivity contribution in [3.63, 3.8) is 0 Å². The molecule has 0 amide bonds. The van der Waals surface area contributed by atoms with Crippen molar-refractivity contribution in [1.82, 2.24) is 25.2 Å². The predicted octanol–water partition coefficient (Wildman–Crippen LogP) is 1.90. The largest absolute Gasteiger partial charge is 0.309 e. The van der Waals surface area contributed by atoms with E-state index in [1.165, 1.54) is 12.8 Å². The molecular formula is C14H29N5. The first-order valence-electron chi connectivity index (χ1n) is 7.39. The van der Waals surface area contributed by atoms with Crippen molar-refractivity contribution in [2.24, 2.45) is 0 Å². The zero-order valence-electron chi connectivity index (χ0n) is 13.1. The number of rotatable bonds is 9. The van der Waals surface area contributed by atoms with Gasteiger partial charge >= 0.3 is 0 Å². The Morgan fingerprint density at radius 1 is 1.32 bits per heavy atom. The standard InChI is InChI=1S/C14H29N5/c1-6-14(7-2)18(5)8-9-19-11-13(16-17-19)10-15-12(3)4/h11-12,14-15H,6-10H2,1-5H3. The fraction of sp³-hybridized carbons (Fsp3) is 0.857. The van der Waals surface area contributed by atoms with E-state index in [2.05, 4.69) is 55.3 Å². The van der Waals surface area contributed by atoms with Gasteiger partial charge in [0.15, 0.2) is 0 Å². The second-order valence-corrected chi connectivity index (χ2v) is 5.46. The van der Waals surface area contributed by atoms with Gasteiger partial charge in [-0.1, -0.05) is 32.9 Å². The van der Waals surface area contributed by atoms with Gasteiger partial charge in [0.1, 0.15) is 0 Å². The van der Waals surface area contributed by atoms with E-state index in [1.807, 2.05) is 10.9 Å². The van der Waals surface area contributed by atoms with Crippen molar-refractivity contribution in [3.8, 4) is 0 Å². The molecule has 1 N–H and O–H groups in total. The Morgan fingerprint density at radius 2 is 2.00 bits per heavy atom. The van der Waals surface area contributed by atoms with Crippen molar-refractivity contribution < 1.29 is 0 Å². The average Bonchev–Trinajstić information content (AvgIpc) is 2.83. The summed E-state index contributed by atoms with van der Waals surface area (Å²) in [5, 5.41) is 11.7. The Balaban J connectivity index is 2.37. The summed E-state index contributed by atoms with van der Waals surface area (Å²) in [7, 11) is 2.19. The van der Waals surface area contributed by atoms with Gasteiger partial charge in [0, 0.05) is 31.4 Å². The maximum absolute atomic E-state index is 4.18. The fourth-order valence-electron chi connectivity index (χ4n) is 2.19. The molecule has 1 heterocycles. The lowest BCUT2D eigenvalue weighted by Gasteiger charge is -2.25. The molecule has 0 saturated heterocycles. The van der Waals surface area contributed by atoms with Crippen LogP contribution in [-0.4, -0.2) is 45.6 Å². The van der Waals surface area contributed by atoms with Gasteiger partial charge in [-0.3, -0.25) is 4.68 Å². The summed E-state index contributed by atoms with van der Waals surface area (Å²) in [6.45, 7) is 11.5. The third kappa shape index (κ3) is 5.70. The molecular weight excluding hydrogens is 238 g/mol. The van der Waals surface area contributed by atoms with E-state index in [0.29, 0.717) is 12.1 Å². The minimum absolute atomic E-state index is 0.478. The molecule has 0 aromatic carbocycles. The van der Waals surface area contributed by atoms with E-state index in [1.54, 1.807) is 0 Å². The van der Waals surface area contributed by atoms with Gasteiger partial charge < -0.3 is 10.2 Å². The van der Waals surface area contributed by atoms with Crippen LogP contribution in [0.2, 0.25) is 0 Å². The SMILES string of the molecule is CCC(CC)N(C)CCn1cc(CNC(C)C)nn1. The van der Waals surface area contributed by atoms with Gasteiger partial charge in [0.2, 0.25) is 0 Å². The second kappa shape index (κ2) is 8.27. The van der Waals surface area contributed by atoms with Crippen LogP contribution in [0.4, 0.5) is 0 Å². The lowest BCUT2D eigenvalue weighted by molar-refractivity contribution is 0.218. The van der Waals surface area contributed by atoms with E-state index in [-0.39, 0.29) is 0 Å². The van der Waals surface area contributed by atoms with Crippen LogP contribution >= 0.6 is 0 Å². The Morgan fingerprint density at radius 3 is 2.58 bits per heavy atom. The smallest absolute Gasteiger partial charge is 0.0964 e. The third-order valence-corrected chi connectivity index (χ3v) is 3.53. The molecule has 110 valence electrons. The van der Waals surface area contributed by atoms with Crippen molar-refractivity contribution in [2.45, 2.75) is 65.7 Å². The molecule has 5 nitrogen and oxygen atoms in total. The minimum Gasteiger partial charge on any atom is -0.309 e. The summed E-state index contributed by atoms with van der Waals surface area (Å²) in [5.41, 5.74) is 1.01. The zero-order valence-corrected chi connectivity index (χ0v) is 13.1. The highest BCUT2D eigenvalue weighted by atomic mass is 15.4. The molecule has 0 fully saturated rings. The monoisotopic (exact) mass is 267 g/mol. The summed E-state index contributed by atoms with van der Waals surface area (Å²) in [6, 6.07) is 1.15. The Kier molecular flexibility index (Phi) is 7.02. The van der Waals surface area contributed by atoms with Gasteiger partial charge in [0.25, 0.3) is 0 Å². The number of aromatic nitrogens is 3. The van der Waals surface area contributed by atoms with E-state index in [4.69, 9.17) is 0 Å². The first kappa shape index (κ1) is 16.1. The van der Waals surface area contributed by atoms with Crippen LogP contribution in [0.3, 0.4) is 0 Å². The number of nitrogens with one attached hydrogen (secondary N) is 1. The van der Waals surface area contributed by atoms with Crippen LogP contribution in [-0.2, 0) is 13.1 Å². The van der Waals surface area contributed by atoms with Crippen LogP contribution in [0, 0.1) is 0 Å². The molecule has 0 unspecified atom stereocenters. The first-order valence-corrected chi connectivity index (χ1v) is 7.39. The maximum atomic E-state index is 4.18. The van der Waals surface area contributed by atoms with Crippen LogP contribution in [0.15, 0.2) is 6.20 Å². The molecule has 0 saturated carbocycles. The van der Waals surface area contributed by atoms with E-state index >= 15 is 0 Å². The molecule has 0 aliphatic heterocycles. The van der Waals surface area contributed by atoms with Crippen molar-refractivity contribution in [2.75, 3.05) is 13.6 Å². The van der Waals surface area contributed by atoms with Gasteiger partial charge in [-0.25, -0.2) is 0 Å². The molecule has 1 aromatic rings. The molecule has 1 rings (SSSR count). The Bertz CT molecular complexity index is 343. The maximum Gasteiger partial charge on any atom is 0.0964 e. The normalized spacial score (nSPS) is 12.0. The van der Waals surface area contributed by atoms with Gasteiger partial charge in [-0.2, -0.15) is 0 Å². The molecule has 5 heteroatoms. The second-order valence-electron chi connectivity index (χ2n) is 5.46. The van der Waals surface area contributed by atoms with Crippen LogP contribution in [0.1, 0.15) is 46.2 Å². The van der Waals surface area contributed by atoms with Crippen LogP contribution < -0.4 is 5.32 Å². The minimum atomic E-state index is 0.478. The number of nitrogens with zero attached hydrogens (tertiary/aromatic N) is 4. The molecule has 0 aliphatic rings. The topological polar surface area (TPSA) is 46.0 Å². The summed E-state index contributed by atoms with van der Waals surface area (Å²) in [5.74, 6) is 0. The Labute approximate surface area is 117 Å². The number of hydrogen-bond acceptors (Lipinski definition) is 4. The van der Waals surface area contributed by atoms with Gasteiger partial charge in [0.05, 0.1) is 12.2 Å². The molecule has 0 bridgehead atoms. The molecule has 0 atom stereocenters. The van der Waals surface area contributed by atoms with Crippen molar-refractivity contribution >= 4 is 0 Å². The number of hydrogen-bond donors (Lipinski definition) is 1. The van der Waals surface area contributed by atoms with E-state index < -0.39 is 0 Å². The highest BCUT2D eigenvalue weighted by Crippen LogP contribution is 2.05. The highest BCUT2D eigenvalue weighted by Gasteiger charge is 2.10. The fourth-order valence-corrected chi connectivity index (χ4v) is 2.19. The lowest BCUT2D eigenvalue weighted by atomic mass is 10.1. The number of likely N-dealkylation sites (N-methyl/N-ethyl adjacent to an activating group) is 1. The Hall–Kier alpha value is -0.940. The first-order chi connectivity index (χ1) is 9.06. The average molecular weight is 267 g/mol. The van der Waals surface area contributed by atoms with Crippen molar-refractivity contribution in [1.29, 1.82) is 0 Å². The quantitative estimate of drug-likeness (QED) is 0.742. The molecule has 0 spiro atoms. The van der Waals surface area contributed by atoms with Gasteiger partial charge in [-0.05, 0) is 19.9 Å². The molecule has 19 heavy (non-hydrogen) atoms. The van der Waals surface area contributed by atoms with Crippen molar-refractivity contribution in [3.05, 3.63) is 11.9 Å². The lowest BCUT2D eigenvalue weighted by Crippen LogP contribution is -2.33.